The van der Waals surface area contributed by atoms with Gasteiger partial charge >= 0.3 is 0 Å². The van der Waals surface area contributed by atoms with Crippen molar-refractivity contribution in [2.75, 3.05) is 7.05 Å². The topological polar surface area (TPSA) is 37.4 Å². The highest BCUT2D eigenvalue weighted by Gasteiger charge is 2.23. The Morgan fingerprint density at radius 2 is 1.62 bits per heavy atom. The molecule has 0 N–H and O–H groups in total. The van der Waals surface area contributed by atoms with Gasteiger partial charge < -0.3 is 0 Å². The lowest BCUT2D eigenvalue weighted by Gasteiger charge is -2.18. The molecular formula is C14H12Cl3NO2S. The molecule has 0 aliphatic carbocycles. The molecular weight excluding hydrogens is 353 g/mol. The number of nitrogens with zero attached hydrogens (tertiary/aromatic N) is 1. The first-order chi connectivity index (χ1) is 9.82. The van der Waals surface area contributed by atoms with E-state index in [9.17, 15) is 8.42 Å². The predicted octanol–water partition coefficient (Wildman–Crippen LogP) is 4.47. The van der Waals surface area contributed by atoms with Crippen molar-refractivity contribution >= 4 is 44.8 Å². The van der Waals surface area contributed by atoms with Crippen molar-refractivity contribution in [3.8, 4) is 0 Å². The minimum atomic E-state index is -3.67. The fourth-order valence-electron chi connectivity index (χ4n) is 1.80. The number of hydrogen-bond acceptors (Lipinski definition) is 2. The normalized spacial score (nSPS) is 11.9. The summed E-state index contributed by atoms with van der Waals surface area (Å²) in [5.41, 5.74) is 0.738. The third-order valence-corrected chi connectivity index (χ3v) is 5.96. The van der Waals surface area contributed by atoms with Crippen molar-refractivity contribution in [1.82, 2.24) is 4.31 Å². The average molecular weight is 365 g/mol. The summed E-state index contributed by atoms with van der Waals surface area (Å²) in [6.45, 7) is 0.171. The zero-order chi connectivity index (χ0) is 15.6. The Bertz CT molecular complexity index is 763. The van der Waals surface area contributed by atoms with Crippen molar-refractivity contribution in [3.05, 3.63) is 63.1 Å². The van der Waals surface area contributed by atoms with E-state index in [0.29, 0.717) is 10.0 Å². The van der Waals surface area contributed by atoms with Gasteiger partial charge in [-0.3, -0.25) is 0 Å². The van der Waals surface area contributed by atoms with Crippen LogP contribution in [0.25, 0.3) is 0 Å². The molecule has 112 valence electrons. The summed E-state index contributed by atoms with van der Waals surface area (Å²) >= 11 is 17.7. The Hall–Kier alpha value is -0.780. The lowest BCUT2D eigenvalue weighted by molar-refractivity contribution is 0.467. The summed E-state index contributed by atoms with van der Waals surface area (Å²) in [6.07, 6.45) is 0. The maximum Gasteiger partial charge on any atom is 0.244 e. The van der Waals surface area contributed by atoms with E-state index in [1.807, 2.05) is 0 Å². The molecule has 2 rings (SSSR count). The van der Waals surface area contributed by atoms with E-state index in [0.717, 1.165) is 5.56 Å². The fourth-order valence-corrected chi connectivity index (χ4v) is 3.77. The first kappa shape index (κ1) is 16.6. The molecule has 0 saturated carbocycles. The number of hydrogen-bond donors (Lipinski definition) is 0. The molecule has 0 amide bonds. The predicted molar refractivity (Wildman–Crippen MR) is 86.6 cm³/mol. The van der Waals surface area contributed by atoms with Gasteiger partial charge in [0.05, 0.1) is 15.1 Å². The third kappa shape index (κ3) is 3.71. The summed E-state index contributed by atoms with van der Waals surface area (Å²) in [4.78, 5) is 0.0780. The molecule has 0 saturated heterocycles. The zero-order valence-corrected chi connectivity index (χ0v) is 14.1. The molecule has 0 aromatic heterocycles. The average Bonchev–Trinajstić information content (AvgIpc) is 2.43. The van der Waals surface area contributed by atoms with Gasteiger partial charge in [-0.2, -0.15) is 4.31 Å². The highest BCUT2D eigenvalue weighted by Crippen LogP contribution is 2.26. The molecule has 0 aliphatic heterocycles. The van der Waals surface area contributed by atoms with Crippen molar-refractivity contribution < 1.29 is 8.42 Å². The molecule has 2 aromatic rings. The Balaban J connectivity index is 2.29. The van der Waals surface area contributed by atoms with Crippen LogP contribution in [0.4, 0.5) is 0 Å². The standard InChI is InChI=1S/C14H12Cl3NO2S/c1-18(9-10-6-7-11(15)13(17)8-10)21(19,20)14-5-3-2-4-12(14)16/h2-8H,9H2,1H3. The highest BCUT2D eigenvalue weighted by atomic mass is 35.5. The van der Waals surface area contributed by atoms with Gasteiger partial charge in [0.1, 0.15) is 4.90 Å². The van der Waals surface area contributed by atoms with E-state index in [1.54, 1.807) is 36.4 Å². The molecule has 21 heavy (non-hydrogen) atoms. The maximum absolute atomic E-state index is 12.5. The summed E-state index contributed by atoms with van der Waals surface area (Å²) < 4.78 is 26.2. The van der Waals surface area contributed by atoms with Crippen molar-refractivity contribution in [1.29, 1.82) is 0 Å². The van der Waals surface area contributed by atoms with E-state index >= 15 is 0 Å². The van der Waals surface area contributed by atoms with Gasteiger partial charge in [0.2, 0.25) is 10.0 Å². The lowest BCUT2D eigenvalue weighted by Crippen LogP contribution is -2.26. The summed E-state index contributed by atoms with van der Waals surface area (Å²) in [5, 5.41) is 1.01. The zero-order valence-electron chi connectivity index (χ0n) is 11.1. The fraction of sp³-hybridized carbons (Fsp3) is 0.143. The van der Waals surface area contributed by atoms with Crippen LogP contribution in [0.5, 0.6) is 0 Å². The highest BCUT2D eigenvalue weighted by molar-refractivity contribution is 7.89. The summed E-state index contributed by atoms with van der Waals surface area (Å²) in [5.74, 6) is 0. The van der Waals surface area contributed by atoms with Crippen LogP contribution in [-0.2, 0) is 16.6 Å². The first-order valence-corrected chi connectivity index (χ1v) is 8.54. The number of halogens is 3. The quantitative estimate of drug-likeness (QED) is 0.803. The van der Waals surface area contributed by atoms with E-state index in [2.05, 4.69) is 0 Å². The largest absolute Gasteiger partial charge is 0.244 e. The molecule has 0 spiro atoms. The van der Waals surface area contributed by atoms with Crippen LogP contribution >= 0.6 is 34.8 Å². The second kappa shape index (κ2) is 6.55. The Morgan fingerprint density at radius 1 is 0.952 bits per heavy atom. The van der Waals surface area contributed by atoms with Crippen LogP contribution in [0.3, 0.4) is 0 Å². The van der Waals surface area contributed by atoms with Crippen molar-refractivity contribution in [2.24, 2.45) is 0 Å². The van der Waals surface area contributed by atoms with Gasteiger partial charge in [0.15, 0.2) is 0 Å². The van der Waals surface area contributed by atoms with E-state index < -0.39 is 10.0 Å². The number of benzene rings is 2. The van der Waals surface area contributed by atoms with E-state index in [1.165, 1.54) is 17.4 Å². The molecule has 3 nitrogen and oxygen atoms in total. The summed E-state index contributed by atoms with van der Waals surface area (Å²) in [6, 6.07) is 11.3. The molecule has 0 atom stereocenters. The van der Waals surface area contributed by atoms with Gasteiger partial charge in [-0.05, 0) is 29.8 Å². The minimum Gasteiger partial charge on any atom is -0.207 e. The Labute approximate surface area is 139 Å². The smallest absolute Gasteiger partial charge is 0.207 e. The van der Waals surface area contributed by atoms with Gasteiger partial charge in [-0.25, -0.2) is 8.42 Å². The van der Waals surface area contributed by atoms with E-state index in [4.69, 9.17) is 34.8 Å². The molecule has 0 radical (unpaired) electrons. The molecule has 2 aromatic carbocycles. The second-order valence-corrected chi connectivity index (χ2v) is 7.67. The van der Waals surface area contributed by atoms with Crippen LogP contribution in [0, 0.1) is 0 Å². The van der Waals surface area contributed by atoms with Crippen LogP contribution < -0.4 is 0 Å². The molecule has 0 bridgehead atoms. The number of rotatable bonds is 4. The van der Waals surface area contributed by atoms with Gasteiger partial charge in [-0.1, -0.05) is 53.0 Å². The monoisotopic (exact) mass is 363 g/mol. The van der Waals surface area contributed by atoms with Crippen LogP contribution in [0.2, 0.25) is 15.1 Å². The molecule has 0 fully saturated rings. The molecule has 0 aliphatic rings. The van der Waals surface area contributed by atoms with Crippen LogP contribution in [0.15, 0.2) is 47.4 Å². The molecule has 0 heterocycles. The van der Waals surface area contributed by atoms with Crippen molar-refractivity contribution in [2.45, 2.75) is 11.4 Å². The second-order valence-electron chi connectivity index (χ2n) is 4.44. The van der Waals surface area contributed by atoms with Crippen LogP contribution in [-0.4, -0.2) is 19.8 Å². The Morgan fingerprint density at radius 3 is 2.24 bits per heavy atom. The number of sulfonamides is 1. The van der Waals surface area contributed by atoms with Crippen LogP contribution in [0.1, 0.15) is 5.56 Å². The molecule has 7 heteroatoms. The van der Waals surface area contributed by atoms with Gasteiger partial charge in [-0.15, -0.1) is 0 Å². The van der Waals surface area contributed by atoms with Gasteiger partial charge in [0.25, 0.3) is 0 Å². The maximum atomic E-state index is 12.5. The van der Waals surface area contributed by atoms with E-state index in [-0.39, 0.29) is 16.5 Å². The Kier molecular flexibility index (Phi) is 5.17. The first-order valence-electron chi connectivity index (χ1n) is 5.97. The minimum absolute atomic E-state index is 0.0780. The van der Waals surface area contributed by atoms with Crippen molar-refractivity contribution in [3.63, 3.8) is 0 Å². The third-order valence-electron chi connectivity index (χ3n) is 2.91. The molecule has 0 unspecified atom stereocenters. The summed E-state index contributed by atoms with van der Waals surface area (Å²) in [7, 11) is -2.18. The SMILES string of the molecule is CN(Cc1ccc(Cl)c(Cl)c1)S(=O)(=O)c1ccccc1Cl. The van der Waals surface area contributed by atoms with Gasteiger partial charge in [0, 0.05) is 13.6 Å². The lowest BCUT2D eigenvalue weighted by atomic mass is 10.2.